The molecule has 0 saturated heterocycles. The normalized spacial score (nSPS) is 11.2. The van der Waals surface area contributed by atoms with Crippen LogP contribution in [0, 0.1) is 0 Å². The molecule has 0 unspecified atom stereocenters. The molecule has 6 rings (SSSR count). The molecule has 54 heavy (non-hydrogen) atoms. The quantitative estimate of drug-likeness (QED) is 0.0445. The van der Waals surface area contributed by atoms with Gasteiger partial charge in [-0.1, -0.05) is 103 Å². The van der Waals surface area contributed by atoms with E-state index in [1.165, 1.54) is 22.7 Å². The summed E-state index contributed by atoms with van der Waals surface area (Å²) in [5.41, 5.74) is 7.96. The van der Waals surface area contributed by atoms with Crippen molar-refractivity contribution in [2.45, 2.75) is 19.8 Å². The molecule has 4 aromatic carbocycles. The van der Waals surface area contributed by atoms with Crippen molar-refractivity contribution in [3.05, 3.63) is 140 Å². The molecule has 14 heteroatoms. The molecule has 1 N–H and O–H groups in total. The third kappa shape index (κ3) is 9.97. The first-order valence-corrected chi connectivity index (χ1v) is 19.5. The van der Waals surface area contributed by atoms with Gasteiger partial charge in [-0.05, 0) is 30.7 Å². The highest BCUT2D eigenvalue weighted by atomic mass is 35.5. The Morgan fingerprint density at radius 2 is 1.30 bits per heavy atom. The second-order valence-corrected chi connectivity index (χ2v) is 14.1. The maximum Gasteiger partial charge on any atom is 0.338 e. The Morgan fingerprint density at radius 3 is 1.94 bits per heavy atom. The van der Waals surface area contributed by atoms with Crippen LogP contribution in [-0.4, -0.2) is 54.1 Å². The van der Waals surface area contributed by atoms with E-state index in [9.17, 15) is 9.59 Å². The summed E-state index contributed by atoms with van der Waals surface area (Å²) in [6, 6.07) is 29.2. The number of nitrogens with one attached hydrogen (secondary N) is 1. The molecule has 0 radical (unpaired) electrons. The Kier molecular flexibility index (Phi) is 13.5. The molecule has 0 fully saturated rings. The maximum atomic E-state index is 13.2. The highest BCUT2D eigenvalue weighted by Crippen LogP contribution is 2.33. The van der Waals surface area contributed by atoms with E-state index >= 15 is 0 Å². The minimum absolute atomic E-state index is 0.112. The maximum absolute atomic E-state index is 13.2. The van der Waals surface area contributed by atoms with Gasteiger partial charge >= 0.3 is 11.9 Å². The first-order chi connectivity index (χ1) is 26.4. The lowest BCUT2D eigenvalue weighted by molar-refractivity contribution is 0.0494. The highest BCUT2D eigenvalue weighted by molar-refractivity contribution is 7.14. The molecular formula is C40H34Cl2N6O4S2. The topological polar surface area (TPSA) is 118 Å². The number of hydrogen-bond acceptors (Lipinski definition) is 12. The van der Waals surface area contributed by atoms with E-state index in [2.05, 4.69) is 15.5 Å². The predicted octanol–water partition coefficient (Wildman–Crippen LogP) is 10.3. The number of carbonyl (C=O) groups excluding carboxylic acids is 2. The van der Waals surface area contributed by atoms with Crippen LogP contribution in [0.15, 0.2) is 118 Å². The number of halogens is 2. The molecule has 0 spiro atoms. The summed E-state index contributed by atoms with van der Waals surface area (Å²) in [6.07, 6.45) is 4.31. The summed E-state index contributed by atoms with van der Waals surface area (Å²) in [6.45, 7) is 2.74. The monoisotopic (exact) mass is 796 g/mol. The summed E-state index contributed by atoms with van der Waals surface area (Å²) in [5.74, 6) is -0.906. The molecule has 2 heterocycles. The number of thiazole rings is 2. The van der Waals surface area contributed by atoms with Gasteiger partial charge in [0, 0.05) is 56.0 Å². The number of carbonyl (C=O) groups is 2. The van der Waals surface area contributed by atoms with Crippen molar-refractivity contribution in [3.8, 4) is 22.5 Å². The Balaban J connectivity index is 1.11. The van der Waals surface area contributed by atoms with Crippen LogP contribution in [0.25, 0.3) is 22.5 Å². The summed E-state index contributed by atoms with van der Waals surface area (Å²) in [5, 5.41) is 16.9. The van der Waals surface area contributed by atoms with E-state index in [0.29, 0.717) is 74.2 Å². The van der Waals surface area contributed by atoms with Crippen LogP contribution in [0.3, 0.4) is 0 Å². The fourth-order valence-corrected chi connectivity index (χ4v) is 7.04. The van der Waals surface area contributed by atoms with Crippen molar-refractivity contribution in [1.29, 1.82) is 0 Å². The average Bonchev–Trinajstić information content (AvgIpc) is 3.88. The van der Waals surface area contributed by atoms with Crippen LogP contribution in [0.4, 0.5) is 10.3 Å². The van der Waals surface area contributed by atoms with Crippen molar-refractivity contribution in [3.63, 3.8) is 0 Å². The SMILES string of the molecule is CCCOC(=O)c1ccccc1/C=N/N(CCCOC(=O)c1ccccc1/C=N/Nc1nc(-c2ccccc2Cl)cs1)c1nc(-c2ccccc2Cl)cs1. The van der Waals surface area contributed by atoms with E-state index in [0.717, 1.165) is 16.8 Å². The number of hydrogen-bond donors (Lipinski definition) is 1. The molecule has 0 bridgehead atoms. The number of ether oxygens (including phenoxy) is 2. The lowest BCUT2D eigenvalue weighted by atomic mass is 10.1. The van der Waals surface area contributed by atoms with Gasteiger partial charge in [0.15, 0.2) is 0 Å². The van der Waals surface area contributed by atoms with Crippen LogP contribution in [0.5, 0.6) is 0 Å². The largest absolute Gasteiger partial charge is 0.462 e. The Labute approximate surface area is 330 Å². The zero-order valence-corrected chi connectivity index (χ0v) is 32.2. The molecule has 0 atom stereocenters. The molecule has 6 aromatic rings. The van der Waals surface area contributed by atoms with Gasteiger partial charge in [-0.2, -0.15) is 10.2 Å². The van der Waals surface area contributed by atoms with Gasteiger partial charge < -0.3 is 9.47 Å². The predicted molar refractivity (Wildman–Crippen MR) is 220 cm³/mol. The fourth-order valence-electron chi connectivity index (χ4n) is 5.11. The van der Waals surface area contributed by atoms with Gasteiger partial charge in [0.1, 0.15) is 0 Å². The molecule has 0 saturated carbocycles. The number of benzene rings is 4. The Bertz CT molecular complexity index is 2270. The van der Waals surface area contributed by atoms with Gasteiger partial charge in [0.2, 0.25) is 10.3 Å². The lowest BCUT2D eigenvalue weighted by Crippen LogP contribution is -2.21. The summed E-state index contributed by atoms with van der Waals surface area (Å²) < 4.78 is 11.1. The van der Waals surface area contributed by atoms with Crippen molar-refractivity contribution in [2.75, 3.05) is 30.2 Å². The second kappa shape index (κ2) is 19.1. The van der Waals surface area contributed by atoms with E-state index < -0.39 is 11.9 Å². The number of nitrogens with zero attached hydrogens (tertiary/aromatic N) is 5. The van der Waals surface area contributed by atoms with E-state index in [-0.39, 0.29) is 6.61 Å². The molecule has 0 aliphatic heterocycles. The Hall–Kier alpha value is -5.40. The Morgan fingerprint density at radius 1 is 0.741 bits per heavy atom. The summed E-state index contributed by atoms with van der Waals surface area (Å²) in [7, 11) is 0. The molecule has 0 aliphatic carbocycles. The molecule has 0 aliphatic rings. The third-order valence-electron chi connectivity index (χ3n) is 7.76. The van der Waals surface area contributed by atoms with Crippen molar-refractivity contribution in [2.24, 2.45) is 10.2 Å². The van der Waals surface area contributed by atoms with Gasteiger partial charge in [0.25, 0.3) is 0 Å². The number of hydrazone groups is 2. The van der Waals surface area contributed by atoms with Crippen LogP contribution in [-0.2, 0) is 9.47 Å². The minimum atomic E-state index is -0.489. The zero-order valence-electron chi connectivity index (χ0n) is 29.0. The third-order valence-corrected chi connectivity index (χ3v) is 10.0. The lowest BCUT2D eigenvalue weighted by Gasteiger charge is -2.16. The van der Waals surface area contributed by atoms with Crippen molar-refractivity contribution in [1.82, 2.24) is 9.97 Å². The first-order valence-electron chi connectivity index (χ1n) is 16.9. The van der Waals surface area contributed by atoms with Crippen LogP contribution >= 0.6 is 45.9 Å². The molecule has 274 valence electrons. The summed E-state index contributed by atoms with van der Waals surface area (Å²) in [4.78, 5) is 35.4. The fraction of sp³-hybridized carbons (Fsp3) is 0.150. The van der Waals surface area contributed by atoms with Gasteiger partial charge in [-0.25, -0.2) is 24.6 Å². The van der Waals surface area contributed by atoms with E-state index in [1.807, 2.05) is 78.3 Å². The number of esters is 2. The van der Waals surface area contributed by atoms with Crippen LogP contribution in [0.2, 0.25) is 10.0 Å². The first kappa shape index (κ1) is 38.3. The molecule has 0 amide bonds. The van der Waals surface area contributed by atoms with E-state index in [4.69, 9.17) is 42.8 Å². The number of anilines is 2. The number of aromatic nitrogens is 2. The van der Waals surface area contributed by atoms with Crippen molar-refractivity contribution < 1.29 is 19.1 Å². The van der Waals surface area contributed by atoms with E-state index in [1.54, 1.807) is 53.8 Å². The molecular weight excluding hydrogens is 764 g/mol. The van der Waals surface area contributed by atoms with Crippen LogP contribution < -0.4 is 10.4 Å². The summed E-state index contributed by atoms with van der Waals surface area (Å²) >= 11 is 15.6. The number of rotatable bonds is 16. The molecule has 10 nitrogen and oxygen atoms in total. The smallest absolute Gasteiger partial charge is 0.338 e. The van der Waals surface area contributed by atoms with Crippen LogP contribution in [0.1, 0.15) is 51.6 Å². The minimum Gasteiger partial charge on any atom is -0.462 e. The van der Waals surface area contributed by atoms with Gasteiger partial charge in [-0.3, -0.25) is 5.43 Å². The standard InChI is InChI=1S/C40H34Cl2N6O4S2/c1-2-21-51-37(49)30-15-6-4-13-28(30)24-44-48(40-46-36(26-54-40)32-17-8-10-19-34(32)42)20-11-22-52-38(50)29-14-5-3-12-27(29)23-43-47-39-45-35(25-53-39)31-16-7-9-18-33(31)41/h3-10,12-19,23-26H,2,11,20-22H2,1H3,(H,45,47)/b43-23+,44-24+. The second-order valence-electron chi connectivity index (χ2n) is 11.6. The van der Waals surface area contributed by atoms with Gasteiger partial charge in [-0.15, -0.1) is 22.7 Å². The highest BCUT2D eigenvalue weighted by Gasteiger charge is 2.17. The average molecular weight is 798 g/mol. The van der Waals surface area contributed by atoms with Gasteiger partial charge in [0.05, 0.1) is 48.2 Å². The zero-order chi connectivity index (χ0) is 37.7. The molecule has 2 aromatic heterocycles. The van der Waals surface area contributed by atoms with Crippen molar-refractivity contribution >= 4 is 80.5 Å².